The van der Waals surface area contributed by atoms with Gasteiger partial charge in [0.15, 0.2) is 5.78 Å². The summed E-state index contributed by atoms with van der Waals surface area (Å²) in [6.45, 7) is 0. The predicted molar refractivity (Wildman–Crippen MR) is 115 cm³/mol. The molecule has 2 aliphatic carbocycles. The van der Waals surface area contributed by atoms with Gasteiger partial charge in [-0.1, -0.05) is 30.4 Å². The monoisotopic (exact) mass is 444 g/mol. The van der Waals surface area contributed by atoms with Gasteiger partial charge >= 0.3 is 0 Å². The lowest BCUT2D eigenvalue weighted by molar-refractivity contribution is -0.385. The Morgan fingerprint density at radius 1 is 0.727 bits per heavy atom. The van der Waals surface area contributed by atoms with Gasteiger partial charge in [-0.15, -0.1) is 0 Å². The third-order valence-electron chi connectivity index (χ3n) is 5.17. The molecule has 2 aromatic rings. The van der Waals surface area contributed by atoms with Crippen LogP contribution in [0.1, 0.15) is 36.6 Å². The van der Waals surface area contributed by atoms with Gasteiger partial charge in [0, 0.05) is 23.3 Å². The van der Waals surface area contributed by atoms with Gasteiger partial charge in [-0.2, -0.15) is 0 Å². The van der Waals surface area contributed by atoms with Gasteiger partial charge in [-0.3, -0.25) is 34.6 Å². The first-order valence-electron chi connectivity index (χ1n) is 9.41. The van der Waals surface area contributed by atoms with Crippen molar-refractivity contribution < 1.29 is 29.3 Å². The maximum Gasteiger partial charge on any atom is 0.281 e. The highest BCUT2D eigenvalue weighted by atomic mass is 16.6. The average molecular weight is 444 g/mol. The topological polar surface area (TPSA) is 158 Å². The number of hydrogen-bond donors (Lipinski definition) is 1. The predicted octanol–water partition coefficient (Wildman–Crippen LogP) is 4.09. The zero-order valence-electron chi connectivity index (χ0n) is 16.6. The summed E-state index contributed by atoms with van der Waals surface area (Å²) >= 11 is 0. The van der Waals surface area contributed by atoms with Crippen molar-refractivity contribution in [1.82, 2.24) is 0 Å². The second-order valence-electron chi connectivity index (χ2n) is 6.99. The number of nitro groups is 2. The van der Waals surface area contributed by atoms with E-state index in [1.807, 2.05) is 0 Å². The Bertz CT molecular complexity index is 1430. The number of allylic oxidation sites excluding steroid dienone is 7. The van der Waals surface area contributed by atoms with Crippen LogP contribution in [0.25, 0.3) is 5.76 Å². The quantitative estimate of drug-likeness (QED) is 0.237. The minimum Gasteiger partial charge on any atom is -0.507 e. The molecule has 162 valence electrons. The minimum atomic E-state index is -0.759. The molecule has 0 saturated carbocycles. The van der Waals surface area contributed by atoms with Crippen molar-refractivity contribution in [2.45, 2.75) is 0 Å². The molecule has 0 aromatic heterocycles. The molecule has 0 bridgehead atoms. The van der Waals surface area contributed by atoms with Crippen LogP contribution in [-0.2, 0) is 0 Å². The molecule has 0 atom stereocenters. The van der Waals surface area contributed by atoms with Crippen LogP contribution < -0.4 is 0 Å². The van der Waals surface area contributed by atoms with E-state index in [0.29, 0.717) is 0 Å². The first kappa shape index (κ1) is 21.2. The van der Waals surface area contributed by atoms with Gasteiger partial charge in [0.25, 0.3) is 11.4 Å². The number of nitrogens with zero attached hydrogens (tertiary/aromatic N) is 2. The molecule has 1 N–H and O–H groups in total. The maximum atomic E-state index is 12.6. The average Bonchev–Trinajstić information content (AvgIpc) is 3.18. The number of carbonyl (C=O) groups excluding carboxylic acids is 3. The molecule has 0 spiro atoms. The summed E-state index contributed by atoms with van der Waals surface area (Å²) in [5, 5.41) is 32.6. The highest BCUT2D eigenvalue weighted by Crippen LogP contribution is 2.37. The number of rotatable bonds is 5. The van der Waals surface area contributed by atoms with Crippen LogP contribution in [0.15, 0.2) is 77.9 Å². The Morgan fingerprint density at radius 2 is 1.30 bits per heavy atom. The number of hydrogen-bond acceptors (Lipinski definition) is 8. The summed E-state index contributed by atoms with van der Waals surface area (Å²) in [4.78, 5) is 58.4. The van der Waals surface area contributed by atoms with E-state index in [-0.39, 0.29) is 33.4 Å². The molecular formula is C23H12N2O8. The molecule has 0 amide bonds. The van der Waals surface area contributed by atoms with Crippen molar-refractivity contribution in [3.63, 3.8) is 0 Å². The number of aliphatic hydroxyl groups excluding tert-OH is 1. The first-order chi connectivity index (χ1) is 15.7. The van der Waals surface area contributed by atoms with Gasteiger partial charge in [-0.25, -0.2) is 0 Å². The fraction of sp³-hybridized carbons (Fsp3) is 0. The van der Waals surface area contributed by atoms with E-state index < -0.39 is 44.3 Å². The smallest absolute Gasteiger partial charge is 0.281 e. The molecule has 2 aliphatic rings. The summed E-state index contributed by atoms with van der Waals surface area (Å²) in [5.41, 5.74) is -1.70. The summed E-state index contributed by atoms with van der Waals surface area (Å²) in [6, 6.07) is 7.73. The van der Waals surface area contributed by atoms with Crippen molar-refractivity contribution in [2.75, 3.05) is 0 Å². The van der Waals surface area contributed by atoms with Crippen molar-refractivity contribution >= 4 is 34.5 Å². The van der Waals surface area contributed by atoms with E-state index >= 15 is 0 Å². The van der Waals surface area contributed by atoms with Crippen LogP contribution in [0, 0.1) is 20.2 Å². The molecule has 0 heterocycles. The normalized spacial score (nSPS) is 16.4. The van der Waals surface area contributed by atoms with Crippen LogP contribution in [0.2, 0.25) is 0 Å². The number of aliphatic hydroxyl groups is 1. The highest BCUT2D eigenvalue weighted by molar-refractivity contribution is 6.40. The highest BCUT2D eigenvalue weighted by Gasteiger charge is 2.38. The number of fused-ring (bicyclic) bond motifs is 2. The maximum absolute atomic E-state index is 12.6. The third kappa shape index (κ3) is 3.35. The molecule has 10 heteroatoms. The second kappa shape index (κ2) is 7.93. The number of carbonyl (C=O) groups is 3. The van der Waals surface area contributed by atoms with Crippen LogP contribution in [-0.4, -0.2) is 32.3 Å². The molecule has 0 radical (unpaired) electrons. The lowest BCUT2D eigenvalue weighted by atomic mass is 10.1. The summed E-state index contributed by atoms with van der Waals surface area (Å²) in [5.74, 6) is -2.50. The third-order valence-corrected chi connectivity index (χ3v) is 5.17. The van der Waals surface area contributed by atoms with Crippen molar-refractivity contribution in [3.8, 4) is 0 Å². The molecule has 4 rings (SSSR count). The second-order valence-corrected chi connectivity index (χ2v) is 6.99. The SMILES string of the molecule is O=C1C(=CC=CC=CC2=C(O)c3cccc([N+](=O)[O-])c3C2=O)C(=O)c2c1cccc2[N+](=O)[O-]. The van der Waals surface area contributed by atoms with E-state index in [1.165, 1.54) is 60.7 Å². The Kier molecular flexibility index (Phi) is 5.10. The van der Waals surface area contributed by atoms with E-state index in [4.69, 9.17) is 0 Å². The van der Waals surface area contributed by atoms with Crippen LogP contribution >= 0.6 is 0 Å². The summed E-state index contributed by atoms with van der Waals surface area (Å²) in [7, 11) is 0. The van der Waals surface area contributed by atoms with Gasteiger partial charge in [-0.05, 0) is 24.3 Å². The minimum absolute atomic E-state index is 0.0459. The van der Waals surface area contributed by atoms with Crippen molar-refractivity contribution in [2.24, 2.45) is 0 Å². The van der Waals surface area contributed by atoms with Crippen LogP contribution in [0.5, 0.6) is 0 Å². The Labute approximate surface area is 184 Å². The molecular weight excluding hydrogens is 432 g/mol. The van der Waals surface area contributed by atoms with E-state index in [1.54, 1.807) is 0 Å². The molecule has 0 fully saturated rings. The van der Waals surface area contributed by atoms with Gasteiger partial charge in [0.2, 0.25) is 11.6 Å². The van der Waals surface area contributed by atoms with Gasteiger partial charge < -0.3 is 5.11 Å². The fourth-order valence-corrected chi connectivity index (χ4v) is 3.69. The molecule has 33 heavy (non-hydrogen) atoms. The lowest BCUT2D eigenvalue weighted by Crippen LogP contribution is -2.02. The molecule has 0 saturated heterocycles. The number of ketones is 3. The van der Waals surface area contributed by atoms with Crippen molar-refractivity contribution in [1.29, 1.82) is 0 Å². The van der Waals surface area contributed by atoms with Crippen LogP contribution in [0.4, 0.5) is 11.4 Å². The number of benzene rings is 2. The number of Topliss-reactive ketones (excluding diaryl/α,β-unsaturated/α-hetero) is 3. The van der Waals surface area contributed by atoms with E-state index in [0.717, 1.165) is 6.07 Å². The summed E-state index contributed by atoms with van der Waals surface area (Å²) < 4.78 is 0. The molecule has 0 aliphatic heterocycles. The Balaban J connectivity index is 1.57. The Hall–Kier alpha value is -4.99. The fourth-order valence-electron chi connectivity index (χ4n) is 3.69. The summed E-state index contributed by atoms with van der Waals surface area (Å²) in [6.07, 6.45) is 6.48. The van der Waals surface area contributed by atoms with Crippen LogP contribution in [0.3, 0.4) is 0 Å². The zero-order valence-corrected chi connectivity index (χ0v) is 16.6. The van der Waals surface area contributed by atoms with E-state index in [9.17, 15) is 39.7 Å². The largest absolute Gasteiger partial charge is 0.507 e. The van der Waals surface area contributed by atoms with Crippen molar-refractivity contribution in [3.05, 3.63) is 120 Å². The molecule has 10 nitrogen and oxygen atoms in total. The Morgan fingerprint density at radius 3 is 1.91 bits per heavy atom. The standard InChI is InChI=1S/C23H12N2O8/c26-20-12-8-4-10-16(24(30)31)18(12)22(28)14(20)6-2-1-3-7-15-21(27)13-9-5-11-17(25(32)33)19(13)23(15)29/h1-11,26H. The van der Waals surface area contributed by atoms with Gasteiger partial charge in [0.1, 0.15) is 16.9 Å². The molecule has 2 aromatic carbocycles. The lowest BCUT2D eigenvalue weighted by Gasteiger charge is -1.99. The van der Waals surface area contributed by atoms with E-state index in [2.05, 4.69) is 0 Å². The first-order valence-corrected chi connectivity index (χ1v) is 9.41. The molecule has 0 unspecified atom stereocenters. The number of nitro benzene ring substituents is 2. The van der Waals surface area contributed by atoms with Gasteiger partial charge in [0.05, 0.1) is 21.0 Å². The zero-order chi connectivity index (χ0) is 23.9.